The van der Waals surface area contributed by atoms with Crippen LogP contribution in [0, 0.1) is 0 Å². The molecule has 1 aliphatic heterocycles. The van der Waals surface area contributed by atoms with Crippen molar-refractivity contribution in [1.29, 1.82) is 0 Å². The van der Waals surface area contributed by atoms with Crippen molar-refractivity contribution in [3.05, 3.63) is 36.3 Å². The monoisotopic (exact) mass is 279 g/mol. The summed E-state index contributed by atoms with van der Waals surface area (Å²) in [4.78, 5) is 8.65. The fourth-order valence-corrected chi connectivity index (χ4v) is 3.31. The van der Waals surface area contributed by atoms with E-state index in [1.54, 1.807) is 6.33 Å². The van der Waals surface area contributed by atoms with Gasteiger partial charge in [0.15, 0.2) is 0 Å². The Hall–Kier alpha value is -2.56. The van der Waals surface area contributed by atoms with Crippen molar-refractivity contribution >= 4 is 22.5 Å². The number of nitrogens with zero attached hydrogens (tertiary/aromatic N) is 3. The van der Waals surface area contributed by atoms with Crippen molar-refractivity contribution in [3.8, 4) is 11.1 Å². The standard InChI is InChI=1S/C16H17N5/c17-11-5-3-4-10(8-11)13-12-6-1-2-7-21(12)16-14(13)15(18)19-9-20-16/h3-5,8-9H,1-2,6-7,17H2,(H2,18,19,20). The molecule has 0 spiro atoms. The number of nitrogens with two attached hydrogens (primary N) is 2. The van der Waals surface area contributed by atoms with Crippen molar-refractivity contribution in [2.75, 3.05) is 11.5 Å². The van der Waals surface area contributed by atoms with Gasteiger partial charge in [-0.05, 0) is 37.0 Å². The smallest absolute Gasteiger partial charge is 0.146 e. The highest BCUT2D eigenvalue weighted by Gasteiger charge is 2.23. The van der Waals surface area contributed by atoms with E-state index in [0.29, 0.717) is 5.82 Å². The second kappa shape index (κ2) is 4.48. The maximum Gasteiger partial charge on any atom is 0.146 e. The molecule has 0 saturated carbocycles. The van der Waals surface area contributed by atoms with Crippen LogP contribution >= 0.6 is 0 Å². The third-order valence-electron chi connectivity index (χ3n) is 4.20. The van der Waals surface area contributed by atoms with Gasteiger partial charge in [-0.15, -0.1) is 0 Å². The van der Waals surface area contributed by atoms with Gasteiger partial charge in [0.2, 0.25) is 0 Å². The molecule has 0 atom stereocenters. The van der Waals surface area contributed by atoms with Crippen LogP contribution in [0.3, 0.4) is 0 Å². The van der Waals surface area contributed by atoms with E-state index in [0.717, 1.165) is 40.8 Å². The molecule has 1 aliphatic rings. The van der Waals surface area contributed by atoms with Crippen LogP contribution in [0.2, 0.25) is 0 Å². The van der Waals surface area contributed by atoms with Crippen molar-refractivity contribution in [1.82, 2.24) is 14.5 Å². The van der Waals surface area contributed by atoms with Crippen LogP contribution in [0.5, 0.6) is 0 Å². The fraction of sp³-hybridized carbons (Fsp3) is 0.250. The summed E-state index contributed by atoms with van der Waals surface area (Å²) in [5.41, 5.74) is 17.3. The zero-order valence-electron chi connectivity index (χ0n) is 11.7. The lowest BCUT2D eigenvalue weighted by Crippen LogP contribution is -2.10. The summed E-state index contributed by atoms with van der Waals surface area (Å²) in [6, 6.07) is 7.95. The van der Waals surface area contributed by atoms with Gasteiger partial charge in [0.05, 0.1) is 5.39 Å². The molecule has 0 amide bonds. The minimum absolute atomic E-state index is 0.541. The molecule has 4 N–H and O–H groups in total. The van der Waals surface area contributed by atoms with Crippen LogP contribution in [0.15, 0.2) is 30.6 Å². The number of aryl methyl sites for hydroxylation is 1. The van der Waals surface area contributed by atoms with Gasteiger partial charge in [-0.25, -0.2) is 9.97 Å². The van der Waals surface area contributed by atoms with E-state index in [1.165, 1.54) is 18.5 Å². The average Bonchev–Trinajstić information content (AvgIpc) is 2.83. The van der Waals surface area contributed by atoms with E-state index >= 15 is 0 Å². The van der Waals surface area contributed by atoms with Crippen LogP contribution in [-0.4, -0.2) is 14.5 Å². The maximum absolute atomic E-state index is 6.15. The molecule has 3 heterocycles. The predicted molar refractivity (Wildman–Crippen MR) is 84.7 cm³/mol. The molecule has 5 heteroatoms. The molecule has 5 nitrogen and oxygen atoms in total. The van der Waals surface area contributed by atoms with E-state index in [-0.39, 0.29) is 0 Å². The molecular formula is C16H17N5. The Bertz CT molecular complexity index is 834. The molecule has 0 aliphatic carbocycles. The lowest BCUT2D eigenvalue weighted by Gasteiger charge is -2.16. The highest BCUT2D eigenvalue weighted by molar-refractivity contribution is 6.02. The second-order valence-corrected chi connectivity index (χ2v) is 5.51. The molecule has 0 radical (unpaired) electrons. The molecule has 3 aromatic rings. The lowest BCUT2D eigenvalue weighted by atomic mass is 9.98. The van der Waals surface area contributed by atoms with Crippen LogP contribution < -0.4 is 11.5 Å². The number of aromatic nitrogens is 3. The average molecular weight is 279 g/mol. The van der Waals surface area contributed by atoms with Crippen LogP contribution in [0.25, 0.3) is 22.2 Å². The summed E-state index contributed by atoms with van der Waals surface area (Å²) in [6.45, 7) is 0.991. The number of rotatable bonds is 1. The molecule has 0 fully saturated rings. The first kappa shape index (κ1) is 12.2. The number of hydrogen-bond donors (Lipinski definition) is 2. The molecule has 1 aromatic carbocycles. The Morgan fingerprint density at radius 1 is 1.10 bits per heavy atom. The van der Waals surface area contributed by atoms with Crippen molar-refractivity contribution in [2.24, 2.45) is 0 Å². The number of fused-ring (bicyclic) bond motifs is 3. The Kier molecular flexibility index (Phi) is 2.60. The Labute approximate surface area is 122 Å². The van der Waals surface area contributed by atoms with Crippen LogP contribution in [0.4, 0.5) is 11.5 Å². The zero-order valence-corrected chi connectivity index (χ0v) is 11.7. The van der Waals surface area contributed by atoms with Crippen molar-refractivity contribution in [3.63, 3.8) is 0 Å². The Morgan fingerprint density at radius 3 is 2.86 bits per heavy atom. The summed E-state index contributed by atoms with van der Waals surface area (Å²) in [5, 5.41) is 0.958. The second-order valence-electron chi connectivity index (χ2n) is 5.51. The van der Waals surface area contributed by atoms with Gasteiger partial charge in [0.25, 0.3) is 0 Å². The number of hydrogen-bond acceptors (Lipinski definition) is 4. The van der Waals surface area contributed by atoms with Crippen LogP contribution in [0.1, 0.15) is 18.5 Å². The van der Waals surface area contributed by atoms with E-state index < -0.39 is 0 Å². The highest BCUT2D eigenvalue weighted by Crippen LogP contribution is 2.39. The van der Waals surface area contributed by atoms with E-state index in [9.17, 15) is 0 Å². The summed E-state index contributed by atoms with van der Waals surface area (Å²) in [7, 11) is 0. The third kappa shape index (κ3) is 1.77. The van der Waals surface area contributed by atoms with Gasteiger partial charge in [-0.3, -0.25) is 0 Å². The minimum Gasteiger partial charge on any atom is -0.399 e. The Balaban J connectivity index is 2.12. The Morgan fingerprint density at radius 2 is 2.00 bits per heavy atom. The van der Waals surface area contributed by atoms with Gasteiger partial charge < -0.3 is 16.0 Å². The number of nitrogen functional groups attached to an aromatic ring is 2. The first-order valence-corrected chi connectivity index (χ1v) is 7.23. The topological polar surface area (TPSA) is 82.8 Å². The molecule has 4 rings (SSSR count). The minimum atomic E-state index is 0.541. The summed E-state index contributed by atoms with van der Waals surface area (Å²) >= 11 is 0. The molecule has 0 saturated heterocycles. The first-order valence-electron chi connectivity index (χ1n) is 7.23. The molecular weight excluding hydrogens is 262 g/mol. The molecule has 21 heavy (non-hydrogen) atoms. The SMILES string of the molecule is Nc1cccc(-c2c3n(c4ncnc(N)c24)CCCC3)c1. The maximum atomic E-state index is 6.15. The summed E-state index contributed by atoms with van der Waals surface area (Å²) in [6.07, 6.45) is 4.96. The summed E-state index contributed by atoms with van der Waals surface area (Å²) < 4.78 is 2.29. The van der Waals surface area contributed by atoms with Gasteiger partial charge >= 0.3 is 0 Å². The molecule has 106 valence electrons. The fourth-order valence-electron chi connectivity index (χ4n) is 3.31. The summed E-state index contributed by atoms with van der Waals surface area (Å²) in [5.74, 6) is 0.541. The quantitative estimate of drug-likeness (QED) is 0.671. The zero-order chi connectivity index (χ0) is 14.4. The molecule has 0 unspecified atom stereocenters. The van der Waals surface area contributed by atoms with Crippen molar-refractivity contribution < 1.29 is 0 Å². The van der Waals surface area contributed by atoms with E-state index in [2.05, 4.69) is 20.6 Å². The molecule has 0 bridgehead atoms. The first-order chi connectivity index (χ1) is 10.3. The molecule has 2 aromatic heterocycles. The highest BCUT2D eigenvalue weighted by atomic mass is 15.1. The largest absolute Gasteiger partial charge is 0.399 e. The van der Waals surface area contributed by atoms with Crippen LogP contribution in [-0.2, 0) is 13.0 Å². The van der Waals surface area contributed by atoms with E-state index in [4.69, 9.17) is 11.5 Å². The number of anilines is 2. The predicted octanol–water partition coefficient (Wildman–Crippen LogP) is 2.60. The number of benzene rings is 1. The third-order valence-corrected chi connectivity index (χ3v) is 4.20. The normalized spacial score (nSPS) is 14.3. The lowest BCUT2D eigenvalue weighted by molar-refractivity contribution is 0.543. The van der Waals surface area contributed by atoms with E-state index in [1.807, 2.05) is 18.2 Å². The van der Waals surface area contributed by atoms with Crippen molar-refractivity contribution in [2.45, 2.75) is 25.8 Å². The van der Waals surface area contributed by atoms with Gasteiger partial charge in [-0.1, -0.05) is 12.1 Å². The van der Waals surface area contributed by atoms with Gasteiger partial charge in [-0.2, -0.15) is 0 Å². The van der Waals surface area contributed by atoms with Gasteiger partial charge in [0, 0.05) is 23.5 Å². The van der Waals surface area contributed by atoms with Gasteiger partial charge in [0.1, 0.15) is 17.8 Å².